The number of thioether (sulfide) groups is 1. The Labute approximate surface area is 114 Å². The summed E-state index contributed by atoms with van der Waals surface area (Å²) in [6, 6.07) is 3.37. The summed E-state index contributed by atoms with van der Waals surface area (Å²) in [5.74, 6) is 0.721. The van der Waals surface area contributed by atoms with Gasteiger partial charge in [0.1, 0.15) is 5.78 Å². The fourth-order valence-electron chi connectivity index (χ4n) is 1.03. The topological polar surface area (TPSA) is 17.1 Å². The van der Waals surface area contributed by atoms with Crippen molar-refractivity contribution < 1.29 is 4.79 Å². The van der Waals surface area contributed by atoms with Crippen LogP contribution in [0.4, 0.5) is 0 Å². The molecule has 1 aromatic carbocycles. The maximum atomic E-state index is 11.1. The van der Waals surface area contributed by atoms with Crippen molar-refractivity contribution in [3.8, 4) is 0 Å². The number of halogens is 3. The summed E-state index contributed by atoms with van der Waals surface area (Å²) < 4.78 is 0. The maximum Gasteiger partial charge on any atom is 0.142 e. The molecule has 0 aliphatic heterocycles. The highest BCUT2D eigenvalue weighted by Crippen LogP contribution is 2.34. The van der Waals surface area contributed by atoms with Crippen molar-refractivity contribution in [1.29, 1.82) is 0 Å². The Morgan fingerprint density at radius 2 is 1.88 bits per heavy atom. The van der Waals surface area contributed by atoms with E-state index < -0.39 is 0 Å². The maximum absolute atomic E-state index is 11.1. The number of carbonyl (C=O) groups excluding carboxylic acids is 1. The number of benzene rings is 1. The normalized spacial score (nSPS) is 12.6. The molecule has 0 spiro atoms. The first-order valence-corrected chi connectivity index (χ1v) is 6.86. The second-order valence-corrected chi connectivity index (χ2v) is 5.91. The SMILES string of the molecule is CC(=O)C(C)SCc1c(Cl)ccc(Cl)c1Cl. The van der Waals surface area contributed by atoms with Gasteiger partial charge in [-0.2, -0.15) is 0 Å². The number of hydrogen-bond donors (Lipinski definition) is 0. The molecule has 5 heteroatoms. The van der Waals surface area contributed by atoms with Gasteiger partial charge in [0.2, 0.25) is 0 Å². The smallest absolute Gasteiger partial charge is 0.142 e. The lowest BCUT2D eigenvalue weighted by molar-refractivity contribution is -0.116. The minimum absolute atomic E-state index is 0.0638. The predicted molar refractivity (Wildman–Crippen MR) is 72.9 cm³/mol. The average Bonchev–Trinajstić information content (AvgIpc) is 2.23. The van der Waals surface area contributed by atoms with Crippen LogP contribution in [0.5, 0.6) is 0 Å². The number of Topliss-reactive ketones (excluding diaryl/α,β-unsaturated/α-hetero) is 1. The molecule has 1 aromatic rings. The van der Waals surface area contributed by atoms with Crippen molar-refractivity contribution in [1.82, 2.24) is 0 Å². The van der Waals surface area contributed by atoms with E-state index in [1.807, 2.05) is 6.92 Å². The summed E-state index contributed by atoms with van der Waals surface area (Å²) in [4.78, 5) is 11.1. The Hall–Kier alpha value is 0.110. The largest absolute Gasteiger partial charge is 0.299 e. The minimum Gasteiger partial charge on any atom is -0.299 e. The molecule has 0 N–H and O–H groups in total. The third-order valence-electron chi connectivity index (χ3n) is 2.19. The molecule has 0 saturated heterocycles. The lowest BCUT2D eigenvalue weighted by atomic mass is 10.2. The lowest BCUT2D eigenvalue weighted by Gasteiger charge is -2.11. The Kier molecular flexibility index (Phi) is 5.45. The first-order valence-electron chi connectivity index (χ1n) is 4.68. The van der Waals surface area contributed by atoms with E-state index in [1.54, 1.807) is 19.1 Å². The van der Waals surface area contributed by atoms with Gasteiger partial charge in [-0.25, -0.2) is 0 Å². The number of hydrogen-bond acceptors (Lipinski definition) is 2. The molecular weight excluding hydrogens is 287 g/mol. The predicted octanol–water partition coefficient (Wildman–Crippen LogP) is 4.86. The molecule has 0 heterocycles. The average molecular weight is 298 g/mol. The molecule has 0 fully saturated rings. The van der Waals surface area contributed by atoms with E-state index in [1.165, 1.54) is 11.8 Å². The van der Waals surface area contributed by atoms with E-state index in [2.05, 4.69) is 0 Å². The van der Waals surface area contributed by atoms with Crippen molar-refractivity contribution in [3.63, 3.8) is 0 Å². The molecule has 0 aromatic heterocycles. The molecule has 1 rings (SSSR count). The standard InChI is InChI=1S/C11H11Cl3OS/c1-6(15)7(2)16-5-8-9(12)3-4-10(13)11(8)14/h3-4,7H,5H2,1-2H3. The summed E-state index contributed by atoms with van der Waals surface area (Å²) in [7, 11) is 0. The highest BCUT2D eigenvalue weighted by Gasteiger charge is 2.13. The van der Waals surface area contributed by atoms with Crippen LogP contribution in [-0.4, -0.2) is 11.0 Å². The molecule has 0 saturated carbocycles. The van der Waals surface area contributed by atoms with Crippen molar-refractivity contribution in [2.75, 3.05) is 0 Å². The second-order valence-electron chi connectivity index (χ2n) is 3.39. The molecule has 0 bridgehead atoms. The fraction of sp³-hybridized carbons (Fsp3) is 0.364. The van der Waals surface area contributed by atoms with Gasteiger partial charge in [0.05, 0.1) is 15.3 Å². The number of rotatable bonds is 4. The third kappa shape index (κ3) is 3.56. The number of carbonyl (C=O) groups is 1. The van der Waals surface area contributed by atoms with Crippen LogP contribution in [0, 0.1) is 0 Å². The zero-order chi connectivity index (χ0) is 12.3. The highest BCUT2D eigenvalue weighted by molar-refractivity contribution is 7.99. The molecule has 88 valence electrons. The van der Waals surface area contributed by atoms with Crippen LogP contribution >= 0.6 is 46.6 Å². The Morgan fingerprint density at radius 3 is 2.44 bits per heavy atom. The molecule has 0 amide bonds. The first-order chi connectivity index (χ1) is 7.43. The highest BCUT2D eigenvalue weighted by atomic mass is 35.5. The Balaban J connectivity index is 2.81. The van der Waals surface area contributed by atoms with E-state index in [-0.39, 0.29) is 11.0 Å². The third-order valence-corrected chi connectivity index (χ3v) is 4.67. The van der Waals surface area contributed by atoms with Crippen molar-refractivity contribution >= 4 is 52.3 Å². The lowest BCUT2D eigenvalue weighted by Crippen LogP contribution is -2.08. The van der Waals surface area contributed by atoms with Gasteiger partial charge in [-0.15, -0.1) is 11.8 Å². The van der Waals surface area contributed by atoms with Crippen LogP contribution in [0.25, 0.3) is 0 Å². The van der Waals surface area contributed by atoms with E-state index in [4.69, 9.17) is 34.8 Å². The molecule has 1 unspecified atom stereocenters. The van der Waals surface area contributed by atoms with Crippen LogP contribution in [0.3, 0.4) is 0 Å². The van der Waals surface area contributed by atoms with E-state index in [0.717, 1.165) is 5.56 Å². The molecule has 16 heavy (non-hydrogen) atoms. The van der Waals surface area contributed by atoms with Gasteiger partial charge >= 0.3 is 0 Å². The summed E-state index contributed by atoms with van der Waals surface area (Å²) in [5.41, 5.74) is 0.786. The van der Waals surface area contributed by atoms with Gasteiger partial charge in [0, 0.05) is 16.3 Å². The van der Waals surface area contributed by atoms with Gasteiger partial charge in [0.25, 0.3) is 0 Å². The van der Waals surface area contributed by atoms with Crippen LogP contribution < -0.4 is 0 Å². The molecular formula is C11H11Cl3OS. The van der Waals surface area contributed by atoms with Crippen LogP contribution in [0.2, 0.25) is 15.1 Å². The molecule has 1 nitrogen and oxygen atoms in total. The summed E-state index contributed by atoms with van der Waals surface area (Å²) in [5, 5.41) is 1.47. The summed E-state index contributed by atoms with van der Waals surface area (Å²) >= 11 is 19.5. The Bertz CT molecular complexity index is 406. The van der Waals surface area contributed by atoms with Gasteiger partial charge in [0.15, 0.2) is 0 Å². The van der Waals surface area contributed by atoms with E-state index in [0.29, 0.717) is 20.8 Å². The fourth-order valence-corrected chi connectivity index (χ4v) is 2.82. The van der Waals surface area contributed by atoms with Crippen molar-refractivity contribution in [2.24, 2.45) is 0 Å². The van der Waals surface area contributed by atoms with E-state index >= 15 is 0 Å². The van der Waals surface area contributed by atoms with Crippen LogP contribution in [0.15, 0.2) is 12.1 Å². The first kappa shape index (κ1) is 14.2. The molecule has 0 radical (unpaired) electrons. The summed E-state index contributed by atoms with van der Waals surface area (Å²) in [6.45, 7) is 3.43. The van der Waals surface area contributed by atoms with Gasteiger partial charge in [-0.1, -0.05) is 34.8 Å². The van der Waals surface area contributed by atoms with Crippen molar-refractivity contribution in [2.45, 2.75) is 24.9 Å². The second kappa shape index (κ2) is 6.15. The Morgan fingerprint density at radius 1 is 1.31 bits per heavy atom. The van der Waals surface area contributed by atoms with Crippen LogP contribution in [-0.2, 0) is 10.5 Å². The minimum atomic E-state index is -0.0638. The summed E-state index contributed by atoms with van der Waals surface area (Å²) in [6.07, 6.45) is 0. The zero-order valence-electron chi connectivity index (χ0n) is 8.89. The number of ketones is 1. The molecule has 0 aliphatic carbocycles. The van der Waals surface area contributed by atoms with Gasteiger partial charge in [-0.3, -0.25) is 4.79 Å². The van der Waals surface area contributed by atoms with Gasteiger partial charge in [-0.05, 0) is 26.0 Å². The van der Waals surface area contributed by atoms with Gasteiger partial charge < -0.3 is 0 Å². The molecule has 1 atom stereocenters. The zero-order valence-corrected chi connectivity index (χ0v) is 12.0. The van der Waals surface area contributed by atoms with Crippen molar-refractivity contribution in [3.05, 3.63) is 32.8 Å². The van der Waals surface area contributed by atoms with Crippen LogP contribution in [0.1, 0.15) is 19.4 Å². The monoisotopic (exact) mass is 296 g/mol. The van der Waals surface area contributed by atoms with E-state index in [9.17, 15) is 4.79 Å². The molecule has 0 aliphatic rings. The quantitative estimate of drug-likeness (QED) is 0.738.